The van der Waals surface area contributed by atoms with Crippen LogP contribution in [0.1, 0.15) is 0 Å². The number of hydrogen-bond acceptors (Lipinski definition) is 1. The van der Waals surface area contributed by atoms with Crippen LogP contribution in [0.3, 0.4) is 0 Å². The van der Waals surface area contributed by atoms with Crippen LogP contribution in [-0.2, 0) is 0 Å². The Hall–Kier alpha value is -7.74. The lowest BCUT2D eigenvalue weighted by Crippen LogP contribution is -2.12. The van der Waals surface area contributed by atoms with E-state index in [0.29, 0.717) is 0 Å². The summed E-state index contributed by atoms with van der Waals surface area (Å²) >= 11 is 0. The zero-order chi connectivity index (χ0) is 39.4. The highest BCUT2D eigenvalue weighted by Crippen LogP contribution is 2.45. The van der Waals surface area contributed by atoms with Crippen molar-refractivity contribution in [1.82, 2.24) is 0 Å². The molecule has 0 aliphatic rings. The Morgan fingerprint density at radius 1 is 0.203 bits per heavy atom. The molecule has 0 spiro atoms. The number of hydrogen-bond donors (Lipinski definition) is 0. The molecule has 10 aromatic carbocycles. The van der Waals surface area contributed by atoms with Gasteiger partial charge in [0.1, 0.15) is 0 Å². The maximum absolute atomic E-state index is 2.41. The summed E-state index contributed by atoms with van der Waals surface area (Å²) in [4.78, 5) is 2.41. The van der Waals surface area contributed by atoms with Gasteiger partial charge in [0.25, 0.3) is 0 Å². The van der Waals surface area contributed by atoms with Crippen LogP contribution >= 0.6 is 0 Å². The summed E-state index contributed by atoms with van der Waals surface area (Å²) in [6, 6.07) is 89.8. The van der Waals surface area contributed by atoms with E-state index < -0.39 is 0 Å². The predicted molar refractivity (Wildman–Crippen MR) is 251 cm³/mol. The van der Waals surface area contributed by atoms with Crippen LogP contribution in [-0.4, -0.2) is 0 Å². The number of fused-ring (bicyclic) bond motifs is 1. The Morgan fingerprint density at radius 3 is 1.15 bits per heavy atom. The minimum absolute atomic E-state index is 1.09. The van der Waals surface area contributed by atoms with Crippen LogP contribution in [0.25, 0.3) is 77.5 Å². The van der Waals surface area contributed by atoms with Crippen LogP contribution in [0.2, 0.25) is 0 Å². The summed E-state index contributed by atoms with van der Waals surface area (Å²) in [7, 11) is 0. The van der Waals surface area contributed by atoms with E-state index in [4.69, 9.17) is 0 Å². The summed E-state index contributed by atoms with van der Waals surface area (Å²) in [6.07, 6.45) is 0. The Balaban J connectivity index is 0.996. The van der Waals surface area contributed by atoms with Gasteiger partial charge in [0.15, 0.2) is 0 Å². The third kappa shape index (κ3) is 7.34. The summed E-state index contributed by atoms with van der Waals surface area (Å²) < 4.78 is 0. The molecule has 0 bridgehead atoms. The molecule has 0 fully saturated rings. The monoisotopic (exact) mass is 751 g/mol. The van der Waals surface area contributed by atoms with Crippen molar-refractivity contribution >= 4 is 27.8 Å². The van der Waals surface area contributed by atoms with E-state index in [-0.39, 0.29) is 0 Å². The van der Waals surface area contributed by atoms with Gasteiger partial charge in [-0.1, -0.05) is 212 Å². The Bertz CT molecular complexity index is 3000. The van der Waals surface area contributed by atoms with Crippen LogP contribution in [0.5, 0.6) is 0 Å². The molecule has 1 nitrogen and oxygen atoms in total. The summed E-state index contributed by atoms with van der Waals surface area (Å²) in [5, 5.41) is 2.52. The van der Waals surface area contributed by atoms with Gasteiger partial charge in [0.2, 0.25) is 0 Å². The fraction of sp³-hybridized carbons (Fsp3) is 0. The normalized spacial score (nSPS) is 11.1. The molecule has 10 rings (SSSR count). The topological polar surface area (TPSA) is 3.24 Å². The van der Waals surface area contributed by atoms with Crippen molar-refractivity contribution in [3.05, 3.63) is 249 Å². The van der Waals surface area contributed by atoms with Gasteiger partial charge in [-0.05, 0) is 103 Å². The first kappa shape index (κ1) is 35.7. The smallest absolute Gasteiger partial charge is 0.0540 e. The molecule has 0 unspecified atom stereocenters. The SMILES string of the molecule is c1ccc(-c2ccc(-c3ccccc3N(c3ccc(-c4ccc(-c5cccc(-c6ccc7ccccc7c6)c5)cc4)cc3)c3ccccc3-c3ccccc3)cc2)cc1. The minimum atomic E-state index is 1.09. The zero-order valence-electron chi connectivity index (χ0n) is 32.6. The summed E-state index contributed by atoms with van der Waals surface area (Å²) in [5.41, 5.74) is 17.6. The van der Waals surface area contributed by atoms with Gasteiger partial charge in [-0.3, -0.25) is 0 Å². The second kappa shape index (κ2) is 16.0. The quantitative estimate of drug-likeness (QED) is 0.142. The largest absolute Gasteiger partial charge is 0.309 e. The average Bonchev–Trinajstić information content (AvgIpc) is 3.33. The van der Waals surface area contributed by atoms with Crippen molar-refractivity contribution in [1.29, 1.82) is 0 Å². The minimum Gasteiger partial charge on any atom is -0.309 e. The van der Waals surface area contributed by atoms with Gasteiger partial charge in [-0.2, -0.15) is 0 Å². The number of para-hydroxylation sites is 2. The molecule has 59 heavy (non-hydrogen) atoms. The van der Waals surface area contributed by atoms with Crippen LogP contribution in [0.4, 0.5) is 17.1 Å². The van der Waals surface area contributed by atoms with Gasteiger partial charge < -0.3 is 4.90 Å². The fourth-order valence-electron chi connectivity index (χ4n) is 8.23. The van der Waals surface area contributed by atoms with Gasteiger partial charge in [0, 0.05) is 16.8 Å². The third-order valence-corrected chi connectivity index (χ3v) is 11.3. The molecular weight excluding hydrogens is 711 g/mol. The first-order valence-corrected chi connectivity index (χ1v) is 20.2. The van der Waals surface area contributed by atoms with E-state index in [1.165, 1.54) is 77.5 Å². The van der Waals surface area contributed by atoms with Crippen molar-refractivity contribution in [3.63, 3.8) is 0 Å². The number of benzene rings is 10. The van der Waals surface area contributed by atoms with E-state index >= 15 is 0 Å². The van der Waals surface area contributed by atoms with Gasteiger partial charge in [-0.15, -0.1) is 0 Å². The summed E-state index contributed by atoms with van der Waals surface area (Å²) in [5.74, 6) is 0. The van der Waals surface area contributed by atoms with Gasteiger partial charge in [-0.25, -0.2) is 0 Å². The molecule has 0 N–H and O–H groups in total. The fourth-order valence-corrected chi connectivity index (χ4v) is 8.23. The van der Waals surface area contributed by atoms with Crippen molar-refractivity contribution in [2.45, 2.75) is 0 Å². The molecule has 278 valence electrons. The highest BCUT2D eigenvalue weighted by Gasteiger charge is 2.20. The maximum atomic E-state index is 2.41. The first-order chi connectivity index (χ1) is 29.2. The molecule has 10 aromatic rings. The van der Waals surface area contributed by atoms with E-state index in [9.17, 15) is 0 Å². The molecule has 0 heterocycles. The molecule has 1 heteroatoms. The predicted octanol–water partition coefficient (Wildman–Crippen LogP) is 16.3. The standard InChI is InChI=1S/C58H41N/c1-3-14-42(15-4-1)44-30-33-49(34-31-44)56-23-10-12-25-58(56)59(57-24-11-9-22-55(57)48-17-5-2-6-18-48)54-38-36-46(37-39-54)45-26-28-47(29-27-45)51-20-13-21-52(40-51)53-35-32-43-16-7-8-19-50(43)41-53/h1-41H. The number of nitrogens with zero attached hydrogens (tertiary/aromatic N) is 1. The second-order valence-electron chi connectivity index (χ2n) is 14.9. The summed E-state index contributed by atoms with van der Waals surface area (Å²) in [6.45, 7) is 0. The molecule has 0 radical (unpaired) electrons. The molecule has 0 amide bonds. The Morgan fingerprint density at radius 2 is 0.559 bits per heavy atom. The van der Waals surface area contributed by atoms with Gasteiger partial charge >= 0.3 is 0 Å². The first-order valence-electron chi connectivity index (χ1n) is 20.2. The third-order valence-electron chi connectivity index (χ3n) is 11.3. The van der Waals surface area contributed by atoms with Crippen LogP contribution < -0.4 is 4.90 Å². The lowest BCUT2D eigenvalue weighted by molar-refractivity contribution is 1.28. The van der Waals surface area contributed by atoms with E-state index in [1.807, 2.05) is 0 Å². The van der Waals surface area contributed by atoms with E-state index in [0.717, 1.165) is 17.1 Å². The number of rotatable bonds is 9. The molecule has 0 aliphatic carbocycles. The maximum Gasteiger partial charge on any atom is 0.0540 e. The van der Waals surface area contributed by atoms with Crippen molar-refractivity contribution in [2.75, 3.05) is 4.90 Å². The number of anilines is 3. The lowest BCUT2D eigenvalue weighted by atomic mass is 9.95. The molecule has 0 aliphatic heterocycles. The van der Waals surface area contributed by atoms with E-state index in [2.05, 4.69) is 254 Å². The van der Waals surface area contributed by atoms with Crippen molar-refractivity contribution < 1.29 is 0 Å². The van der Waals surface area contributed by atoms with Crippen LogP contribution in [0.15, 0.2) is 249 Å². The molecule has 0 atom stereocenters. The Kier molecular flexibility index (Phi) is 9.68. The highest BCUT2D eigenvalue weighted by atomic mass is 15.1. The second-order valence-corrected chi connectivity index (χ2v) is 14.9. The molecular formula is C58H41N. The average molecular weight is 752 g/mol. The lowest BCUT2D eigenvalue weighted by Gasteiger charge is -2.30. The molecule has 0 saturated heterocycles. The van der Waals surface area contributed by atoms with Crippen molar-refractivity contribution in [2.24, 2.45) is 0 Å². The van der Waals surface area contributed by atoms with Crippen LogP contribution in [0, 0.1) is 0 Å². The Labute approximate surface area is 346 Å². The van der Waals surface area contributed by atoms with Crippen molar-refractivity contribution in [3.8, 4) is 66.8 Å². The molecule has 0 saturated carbocycles. The molecule has 0 aromatic heterocycles. The zero-order valence-corrected chi connectivity index (χ0v) is 32.6. The van der Waals surface area contributed by atoms with Gasteiger partial charge in [0.05, 0.1) is 11.4 Å². The highest BCUT2D eigenvalue weighted by molar-refractivity contribution is 5.94. The van der Waals surface area contributed by atoms with E-state index in [1.54, 1.807) is 0 Å².